The molecule has 23 heavy (non-hydrogen) atoms. The largest absolute Gasteiger partial charge is 0.380 e. The maximum atomic E-state index is 5.27. The molecule has 1 aromatic carbocycles. The number of para-hydroxylation sites is 1. The molecule has 1 aliphatic heterocycles. The Bertz CT molecular complexity index is 680. The quantitative estimate of drug-likeness (QED) is 0.448. The molecular formula is C17H23IN4O. The van der Waals surface area contributed by atoms with Crippen molar-refractivity contribution in [3.8, 4) is 0 Å². The van der Waals surface area contributed by atoms with Crippen molar-refractivity contribution in [1.29, 1.82) is 0 Å². The van der Waals surface area contributed by atoms with Crippen LogP contribution in [0.15, 0.2) is 41.5 Å². The van der Waals surface area contributed by atoms with Crippen LogP contribution in [0.1, 0.15) is 12.5 Å². The van der Waals surface area contributed by atoms with Crippen molar-refractivity contribution in [2.24, 2.45) is 10.4 Å². The van der Waals surface area contributed by atoms with E-state index in [1.54, 1.807) is 7.05 Å². The van der Waals surface area contributed by atoms with Crippen LogP contribution in [0.4, 0.5) is 0 Å². The molecule has 0 unspecified atom stereocenters. The minimum atomic E-state index is 0. The molecule has 0 aliphatic carbocycles. The van der Waals surface area contributed by atoms with Crippen molar-refractivity contribution >= 4 is 40.8 Å². The number of fused-ring (bicyclic) bond motifs is 1. The summed E-state index contributed by atoms with van der Waals surface area (Å²) < 4.78 is 5.27. The zero-order valence-electron chi connectivity index (χ0n) is 13.5. The van der Waals surface area contributed by atoms with Crippen molar-refractivity contribution in [2.45, 2.75) is 13.5 Å². The maximum absolute atomic E-state index is 5.27. The molecule has 5 nitrogen and oxygen atoms in total. The highest BCUT2D eigenvalue weighted by molar-refractivity contribution is 14.0. The van der Waals surface area contributed by atoms with E-state index < -0.39 is 0 Å². The second-order valence-corrected chi connectivity index (χ2v) is 6.07. The molecule has 2 heterocycles. The van der Waals surface area contributed by atoms with E-state index in [1.807, 2.05) is 30.5 Å². The highest BCUT2D eigenvalue weighted by atomic mass is 127. The molecule has 0 spiro atoms. The summed E-state index contributed by atoms with van der Waals surface area (Å²) in [6.45, 7) is 5.42. The molecule has 124 valence electrons. The summed E-state index contributed by atoms with van der Waals surface area (Å²) >= 11 is 0. The van der Waals surface area contributed by atoms with Gasteiger partial charge in [0.15, 0.2) is 5.96 Å². The number of halogens is 1. The van der Waals surface area contributed by atoms with Crippen LogP contribution >= 0.6 is 24.0 Å². The van der Waals surface area contributed by atoms with Gasteiger partial charge in [-0.25, -0.2) is 0 Å². The first-order chi connectivity index (χ1) is 10.7. The zero-order chi connectivity index (χ0) is 15.4. The average molecular weight is 426 g/mol. The fourth-order valence-electron chi connectivity index (χ4n) is 2.56. The van der Waals surface area contributed by atoms with Crippen LogP contribution in [-0.4, -0.2) is 37.7 Å². The lowest BCUT2D eigenvalue weighted by atomic mass is 9.89. The van der Waals surface area contributed by atoms with E-state index in [2.05, 4.69) is 33.6 Å². The van der Waals surface area contributed by atoms with Crippen LogP contribution in [0, 0.1) is 5.41 Å². The van der Waals surface area contributed by atoms with Gasteiger partial charge in [-0.3, -0.25) is 9.98 Å². The number of guanidine groups is 1. The number of rotatable bonds is 4. The highest BCUT2D eigenvalue weighted by Crippen LogP contribution is 2.25. The van der Waals surface area contributed by atoms with Crippen LogP contribution in [0.5, 0.6) is 0 Å². The van der Waals surface area contributed by atoms with E-state index >= 15 is 0 Å². The van der Waals surface area contributed by atoms with Crippen molar-refractivity contribution in [2.75, 3.05) is 26.8 Å². The summed E-state index contributed by atoms with van der Waals surface area (Å²) in [7, 11) is 1.79. The van der Waals surface area contributed by atoms with Crippen molar-refractivity contribution in [1.82, 2.24) is 15.6 Å². The number of benzene rings is 1. The topological polar surface area (TPSA) is 58.5 Å². The minimum Gasteiger partial charge on any atom is -0.380 e. The van der Waals surface area contributed by atoms with Gasteiger partial charge in [-0.1, -0.05) is 25.1 Å². The second-order valence-electron chi connectivity index (χ2n) is 6.07. The van der Waals surface area contributed by atoms with Gasteiger partial charge in [-0.2, -0.15) is 0 Å². The van der Waals surface area contributed by atoms with E-state index in [4.69, 9.17) is 4.74 Å². The molecular weight excluding hydrogens is 403 g/mol. The third kappa shape index (κ3) is 4.32. The van der Waals surface area contributed by atoms with Gasteiger partial charge in [0, 0.05) is 37.1 Å². The minimum absolute atomic E-state index is 0. The predicted molar refractivity (Wildman–Crippen MR) is 104 cm³/mol. The monoisotopic (exact) mass is 426 g/mol. The Hall–Kier alpha value is -1.41. The number of hydrogen-bond acceptors (Lipinski definition) is 3. The number of nitrogens with zero attached hydrogens (tertiary/aromatic N) is 2. The Labute approximate surface area is 153 Å². The van der Waals surface area contributed by atoms with Crippen LogP contribution in [0.25, 0.3) is 10.9 Å². The van der Waals surface area contributed by atoms with Crippen molar-refractivity contribution in [3.63, 3.8) is 0 Å². The van der Waals surface area contributed by atoms with Crippen LogP contribution in [-0.2, 0) is 11.3 Å². The molecule has 1 saturated heterocycles. The Morgan fingerprint density at radius 1 is 1.26 bits per heavy atom. The number of ether oxygens (including phenoxy) is 1. The molecule has 0 amide bonds. The van der Waals surface area contributed by atoms with Crippen molar-refractivity contribution < 1.29 is 4.74 Å². The molecule has 2 aromatic rings. The summed E-state index contributed by atoms with van der Waals surface area (Å²) in [6.07, 6.45) is 1.85. The van der Waals surface area contributed by atoms with Crippen LogP contribution in [0.2, 0.25) is 0 Å². The van der Waals surface area contributed by atoms with E-state index in [0.29, 0.717) is 0 Å². The lowest BCUT2D eigenvalue weighted by molar-refractivity contribution is -0.0971. The number of pyridine rings is 1. The Kier molecular flexibility index (Phi) is 6.17. The summed E-state index contributed by atoms with van der Waals surface area (Å²) in [5.41, 5.74) is 2.46. The van der Waals surface area contributed by atoms with Gasteiger partial charge in [0.1, 0.15) is 0 Å². The predicted octanol–water partition coefficient (Wildman–Crippen LogP) is 2.55. The van der Waals surface area contributed by atoms with E-state index in [0.717, 1.165) is 37.8 Å². The Morgan fingerprint density at radius 3 is 2.74 bits per heavy atom. The maximum Gasteiger partial charge on any atom is 0.191 e. The first-order valence-electron chi connectivity index (χ1n) is 7.55. The van der Waals surface area contributed by atoms with Gasteiger partial charge >= 0.3 is 0 Å². The summed E-state index contributed by atoms with van der Waals surface area (Å²) in [4.78, 5) is 8.67. The molecule has 1 aliphatic rings. The van der Waals surface area contributed by atoms with Gasteiger partial charge in [-0.15, -0.1) is 24.0 Å². The first kappa shape index (κ1) is 17.9. The normalized spacial score (nSPS) is 16.3. The van der Waals surface area contributed by atoms with Gasteiger partial charge in [0.05, 0.1) is 18.7 Å². The molecule has 6 heteroatoms. The van der Waals surface area contributed by atoms with E-state index in [1.165, 1.54) is 10.9 Å². The lowest BCUT2D eigenvalue weighted by Gasteiger charge is -2.38. The smallest absolute Gasteiger partial charge is 0.191 e. The summed E-state index contributed by atoms with van der Waals surface area (Å²) in [6, 6.07) is 10.2. The van der Waals surface area contributed by atoms with Gasteiger partial charge < -0.3 is 15.4 Å². The molecule has 0 radical (unpaired) electrons. The Balaban J connectivity index is 0.00000192. The molecule has 0 saturated carbocycles. The van der Waals surface area contributed by atoms with E-state index in [9.17, 15) is 0 Å². The third-order valence-electron chi connectivity index (χ3n) is 3.99. The fourth-order valence-corrected chi connectivity index (χ4v) is 2.56. The number of aromatic nitrogens is 1. The number of nitrogens with one attached hydrogen (secondary N) is 2. The lowest BCUT2D eigenvalue weighted by Crippen LogP contribution is -2.50. The fraction of sp³-hybridized carbons (Fsp3) is 0.412. The molecule has 1 aromatic heterocycles. The number of hydrogen-bond donors (Lipinski definition) is 2. The Morgan fingerprint density at radius 2 is 2.04 bits per heavy atom. The van der Waals surface area contributed by atoms with Gasteiger partial charge in [0.25, 0.3) is 0 Å². The van der Waals surface area contributed by atoms with Gasteiger partial charge in [0.2, 0.25) is 0 Å². The first-order valence-corrected chi connectivity index (χ1v) is 7.55. The average Bonchev–Trinajstić information content (AvgIpc) is 2.53. The van der Waals surface area contributed by atoms with Crippen LogP contribution < -0.4 is 10.6 Å². The molecule has 3 rings (SSSR count). The summed E-state index contributed by atoms with van der Waals surface area (Å²) in [5, 5.41) is 7.92. The SMILES string of the molecule is CN=C(NCc1ccnc2ccccc12)NCC1(C)COC1.I. The number of aliphatic imine (C=N–C) groups is 1. The van der Waals surface area contributed by atoms with Crippen LogP contribution in [0.3, 0.4) is 0 Å². The third-order valence-corrected chi connectivity index (χ3v) is 3.99. The second kappa shape index (κ2) is 7.92. The standard InChI is InChI=1S/C17H22N4O.HI/c1-17(11-22-12-17)10-21-16(18-2)20-9-13-7-8-19-15-6-4-3-5-14(13)15;/h3-8H,9-12H2,1-2H3,(H2,18,20,21);1H. The molecule has 1 fully saturated rings. The molecule has 2 N–H and O–H groups in total. The molecule has 0 atom stereocenters. The van der Waals surface area contributed by atoms with Crippen molar-refractivity contribution in [3.05, 3.63) is 42.1 Å². The van der Waals surface area contributed by atoms with Gasteiger partial charge in [-0.05, 0) is 17.7 Å². The highest BCUT2D eigenvalue weighted by Gasteiger charge is 2.33. The zero-order valence-corrected chi connectivity index (χ0v) is 15.8. The summed E-state index contributed by atoms with van der Waals surface area (Å²) in [5.74, 6) is 0.814. The molecule has 0 bridgehead atoms. The van der Waals surface area contributed by atoms with E-state index in [-0.39, 0.29) is 29.4 Å².